The molecule has 7 heteroatoms. The SMILES string of the molecule is O=C1CC(=O)N(c2ccc(NC(=O)c3ccccc3Cl)cc2)c2ccc3ccccc3c2N1. The Morgan fingerprint density at radius 3 is 2.39 bits per heavy atom. The average Bonchev–Trinajstić information content (AvgIpc) is 2.94. The Hall–Kier alpha value is -4.16. The summed E-state index contributed by atoms with van der Waals surface area (Å²) in [6.07, 6.45) is -0.270. The molecule has 0 fully saturated rings. The molecule has 0 unspecified atom stereocenters. The number of benzene rings is 4. The molecule has 0 saturated heterocycles. The first kappa shape index (κ1) is 20.7. The molecule has 1 heterocycles. The Morgan fingerprint density at radius 2 is 1.61 bits per heavy atom. The van der Waals surface area contributed by atoms with Gasteiger partial charge in [-0.1, -0.05) is 54.1 Å². The molecule has 0 spiro atoms. The highest BCUT2D eigenvalue weighted by molar-refractivity contribution is 6.34. The molecule has 1 aliphatic rings. The van der Waals surface area contributed by atoms with Gasteiger partial charge in [0.05, 0.1) is 22.0 Å². The monoisotopic (exact) mass is 455 g/mol. The summed E-state index contributed by atoms with van der Waals surface area (Å²) in [4.78, 5) is 39.5. The van der Waals surface area contributed by atoms with Gasteiger partial charge in [0.1, 0.15) is 6.42 Å². The number of carbonyl (C=O) groups excluding carboxylic acids is 3. The van der Waals surface area contributed by atoms with E-state index in [1.54, 1.807) is 48.5 Å². The molecule has 0 saturated carbocycles. The smallest absolute Gasteiger partial charge is 0.257 e. The normalized spacial score (nSPS) is 13.3. The standard InChI is InChI=1S/C26H18ClN3O3/c27-21-8-4-3-7-20(21)26(33)28-17-10-12-18(13-11-17)30-22-14-9-16-5-1-2-6-19(16)25(22)29-23(31)15-24(30)32/h1-14H,15H2,(H,28,33)(H,29,31). The van der Waals surface area contributed by atoms with Crippen LogP contribution in [0, 0.1) is 0 Å². The molecule has 3 amide bonds. The van der Waals surface area contributed by atoms with Gasteiger partial charge in [-0.05, 0) is 47.9 Å². The van der Waals surface area contributed by atoms with Gasteiger partial charge in [0.15, 0.2) is 0 Å². The van der Waals surface area contributed by atoms with Crippen molar-refractivity contribution in [3.05, 3.63) is 95.5 Å². The number of halogens is 1. The number of nitrogens with one attached hydrogen (secondary N) is 2. The van der Waals surface area contributed by atoms with Crippen LogP contribution in [0.5, 0.6) is 0 Å². The zero-order chi connectivity index (χ0) is 22.9. The number of rotatable bonds is 3. The van der Waals surface area contributed by atoms with Gasteiger partial charge in [-0.15, -0.1) is 0 Å². The zero-order valence-electron chi connectivity index (χ0n) is 17.3. The fraction of sp³-hybridized carbons (Fsp3) is 0.0385. The predicted octanol–water partition coefficient (Wildman–Crippen LogP) is 5.75. The van der Waals surface area contributed by atoms with E-state index in [1.165, 1.54) is 4.90 Å². The second-order valence-corrected chi connectivity index (χ2v) is 8.02. The van der Waals surface area contributed by atoms with Crippen molar-refractivity contribution >= 4 is 62.8 Å². The van der Waals surface area contributed by atoms with Crippen LogP contribution < -0.4 is 15.5 Å². The molecular weight excluding hydrogens is 438 g/mol. The van der Waals surface area contributed by atoms with Gasteiger partial charge in [-0.25, -0.2) is 0 Å². The van der Waals surface area contributed by atoms with Gasteiger partial charge in [0, 0.05) is 16.8 Å². The molecule has 6 nitrogen and oxygen atoms in total. The van der Waals surface area contributed by atoms with Crippen LogP contribution in [0.15, 0.2) is 84.9 Å². The van der Waals surface area contributed by atoms with Crippen LogP contribution in [0.25, 0.3) is 10.8 Å². The Labute approximate surface area is 194 Å². The molecular formula is C26H18ClN3O3. The van der Waals surface area contributed by atoms with Crippen LogP contribution in [-0.2, 0) is 9.59 Å². The quantitative estimate of drug-likeness (QED) is 0.386. The van der Waals surface area contributed by atoms with Gasteiger partial charge in [-0.2, -0.15) is 0 Å². The minimum Gasteiger partial charge on any atom is -0.323 e. The molecule has 2 N–H and O–H groups in total. The number of anilines is 4. The van der Waals surface area contributed by atoms with E-state index in [0.717, 1.165) is 10.8 Å². The number of amides is 3. The molecule has 33 heavy (non-hydrogen) atoms. The summed E-state index contributed by atoms with van der Waals surface area (Å²) >= 11 is 6.11. The molecule has 4 aromatic carbocycles. The largest absolute Gasteiger partial charge is 0.323 e. The van der Waals surface area contributed by atoms with Crippen LogP contribution in [0.3, 0.4) is 0 Å². The lowest BCUT2D eigenvalue weighted by Gasteiger charge is -2.23. The number of carbonyl (C=O) groups is 3. The topological polar surface area (TPSA) is 78.5 Å². The van der Waals surface area contributed by atoms with Crippen LogP contribution in [0.2, 0.25) is 5.02 Å². The highest BCUT2D eigenvalue weighted by Gasteiger charge is 2.28. The summed E-state index contributed by atoms with van der Waals surface area (Å²) in [5.74, 6) is -1.02. The maximum absolute atomic E-state index is 13.0. The number of nitrogens with zero attached hydrogens (tertiary/aromatic N) is 1. The van der Waals surface area contributed by atoms with E-state index >= 15 is 0 Å². The van der Waals surface area contributed by atoms with Crippen molar-refractivity contribution in [3.8, 4) is 0 Å². The van der Waals surface area contributed by atoms with Crippen molar-refractivity contribution in [1.82, 2.24) is 0 Å². The average molecular weight is 456 g/mol. The fourth-order valence-electron chi connectivity index (χ4n) is 3.93. The van der Waals surface area contributed by atoms with Gasteiger partial charge < -0.3 is 10.6 Å². The number of fused-ring (bicyclic) bond motifs is 3. The maximum atomic E-state index is 13.0. The Kier molecular flexibility index (Phi) is 5.28. The highest BCUT2D eigenvalue weighted by atomic mass is 35.5. The summed E-state index contributed by atoms with van der Waals surface area (Å²) in [7, 11) is 0. The van der Waals surface area contributed by atoms with Crippen molar-refractivity contribution in [3.63, 3.8) is 0 Å². The Morgan fingerprint density at radius 1 is 0.879 bits per heavy atom. The van der Waals surface area contributed by atoms with Crippen molar-refractivity contribution in [1.29, 1.82) is 0 Å². The minimum absolute atomic E-state index is 0.270. The summed E-state index contributed by atoms with van der Waals surface area (Å²) in [5.41, 5.74) is 2.71. The first-order valence-corrected chi connectivity index (χ1v) is 10.7. The third-order valence-electron chi connectivity index (χ3n) is 5.48. The summed E-state index contributed by atoms with van der Waals surface area (Å²) in [6.45, 7) is 0. The first-order chi connectivity index (χ1) is 16.0. The van der Waals surface area contributed by atoms with Crippen LogP contribution in [0.1, 0.15) is 16.8 Å². The van der Waals surface area contributed by atoms with Gasteiger partial charge in [-0.3, -0.25) is 19.3 Å². The van der Waals surface area contributed by atoms with E-state index in [1.807, 2.05) is 36.4 Å². The van der Waals surface area contributed by atoms with Crippen molar-refractivity contribution < 1.29 is 14.4 Å². The molecule has 4 aromatic rings. The second-order valence-electron chi connectivity index (χ2n) is 7.62. The molecule has 0 aromatic heterocycles. The summed E-state index contributed by atoms with van der Waals surface area (Å²) in [6, 6.07) is 25.1. The van der Waals surface area contributed by atoms with E-state index < -0.39 is 0 Å². The summed E-state index contributed by atoms with van der Waals surface area (Å²) < 4.78 is 0. The lowest BCUT2D eigenvalue weighted by molar-refractivity contribution is -0.124. The highest BCUT2D eigenvalue weighted by Crippen LogP contribution is 2.40. The Balaban J connectivity index is 1.50. The zero-order valence-corrected chi connectivity index (χ0v) is 18.1. The fourth-order valence-corrected chi connectivity index (χ4v) is 4.15. The molecule has 0 atom stereocenters. The predicted molar refractivity (Wildman–Crippen MR) is 130 cm³/mol. The van der Waals surface area contributed by atoms with Crippen molar-refractivity contribution in [2.75, 3.05) is 15.5 Å². The molecule has 5 rings (SSSR count). The van der Waals surface area contributed by atoms with Crippen molar-refractivity contribution in [2.45, 2.75) is 6.42 Å². The van der Waals surface area contributed by atoms with E-state index in [4.69, 9.17) is 11.6 Å². The lowest BCUT2D eigenvalue weighted by atomic mass is 10.1. The second kappa shape index (κ2) is 8.41. The maximum Gasteiger partial charge on any atom is 0.257 e. The third-order valence-corrected chi connectivity index (χ3v) is 5.80. The van der Waals surface area contributed by atoms with Crippen LogP contribution in [0.4, 0.5) is 22.7 Å². The van der Waals surface area contributed by atoms with Crippen LogP contribution in [-0.4, -0.2) is 17.7 Å². The third kappa shape index (κ3) is 3.92. The van der Waals surface area contributed by atoms with E-state index in [0.29, 0.717) is 33.3 Å². The number of hydrogen-bond donors (Lipinski definition) is 2. The molecule has 0 aliphatic carbocycles. The lowest BCUT2D eigenvalue weighted by Crippen LogP contribution is -2.26. The molecule has 1 aliphatic heterocycles. The van der Waals surface area contributed by atoms with Gasteiger partial charge in [0.2, 0.25) is 11.8 Å². The van der Waals surface area contributed by atoms with E-state index in [-0.39, 0.29) is 24.1 Å². The van der Waals surface area contributed by atoms with Crippen LogP contribution >= 0.6 is 11.6 Å². The summed E-state index contributed by atoms with van der Waals surface area (Å²) in [5, 5.41) is 7.87. The van der Waals surface area contributed by atoms with E-state index in [2.05, 4.69) is 10.6 Å². The number of hydrogen-bond acceptors (Lipinski definition) is 3. The molecule has 0 bridgehead atoms. The van der Waals surface area contributed by atoms with Crippen molar-refractivity contribution in [2.24, 2.45) is 0 Å². The molecule has 0 radical (unpaired) electrons. The van der Waals surface area contributed by atoms with Gasteiger partial charge >= 0.3 is 0 Å². The Bertz CT molecular complexity index is 1420. The van der Waals surface area contributed by atoms with Gasteiger partial charge in [0.25, 0.3) is 5.91 Å². The molecule has 162 valence electrons. The first-order valence-electron chi connectivity index (χ1n) is 10.3. The minimum atomic E-state index is -0.358. The van der Waals surface area contributed by atoms with E-state index in [9.17, 15) is 14.4 Å².